The molecular formula is C34H38FN5O5S. The van der Waals surface area contributed by atoms with Crippen LogP contribution in [0.5, 0.6) is 34.5 Å². The number of hydrogen-bond donors (Lipinski definition) is 1. The molecule has 0 aliphatic carbocycles. The highest BCUT2D eigenvalue weighted by Crippen LogP contribution is 2.38. The van der Waals surface area contributed by atoms with Crippen LogP contribution in [0.1, 0.15) is 31.2 Å². The van der Waals surface area contributed by atoms with Crippen LogP contribution in [-0.4, -0.2) is 68.8 Å². The summed E-state index contributed by atoms with van der Waals surface area (Å²) in [5.41, 5.74) is 7.56. The third kappa shape index (κ3) is 8.12. The van der Waals surface area contributed by atoms with Crippen molar-refractivity contribution in [2.75, 3.05) is 52.6 Å². The van der Waals surface area contributed by atoms with Crippen LogP contribution >= 0.6 is 12.2 Å². The van der Waals surface area contributed by atoms with Crippen molar-refractivity contribution in [1.82, 2.24) is 9.88 Å². The first-order valence-electron chi connectivity index (χ1n) is 15.0. The van der Waals surface area contributed by atoms with E-state index in [1.54, 1.807) is 49.7 Å². The standard InChI is InChI=1S/C34H38FN5O5S/c1-41-25-17-24(18-26(19-25)42-2)40(34(36)46)38-22-23-8-9-31(28(35)16-23)45-30-10-11-37-29-21-33(32(43-3)20-27(29)30)44-15-7-14-39-12-5-4-6-13-39/h8-11,16-22H,4-7,12-15H2,1-3H3,(H2,36,46)/b38-22+. The van der Waals surface area contributed by atoms with Crippen LogP contribution in [0.25, 0.3) is 10.9 Å². The number of ether oxygens (including phenoxy) is 5. The van der Waals surface area contributed by atoms with Gasteiger partial charge in [-0.05, 0) is 80.5 Å². The number of aromatic nitrogens is 1. The minimum Gasteiger partial charge on any atom is -0.497 e. The highest BCUT2D eigenvalue weighted by atomic mass is 32.1. The Labute approximate surface area is 273 Å². The highest BCUT2D eigenvalue weighted by molar-refractivity contribution is 7.80. The molecule has 2 heterocycles. The fourth-order valence-electron chi connectivity index (χ4n) is 5.23. The average molecular weight is 648 g/mol. The van der Waals surface area contributed by atoms with Gasteiger partial charge in [0.2, 0.25) is 0 Å². The van der Waals surface area contributed by atoms with E-state index in [0.717, 1.165) is 26.1 Å². The minimum atomic E-state index is -0.584. The van der Waals surface area contributed by atoms with Crippen LogP contribution in [0.4, 0.5) is 10.1 Å². The van der Waals surface area contributed by atoms with Crippen LogP contribution in [0.3, 0.4) is 0 Å². The molecule has 0 unspecified atom stereocenters. The predicted molar refractivity (Wildman–Crippen MR) is 182 cm³/mol. The fraction of sp³-hybridized carbons (Fsp3) is 0.324. The van der Waals surface area contributed by atoms with Gasteiger partial charge < -0.3 is 34.3 Å². The molecule has 0 saturated carbocycles. The molecule has 46 heavy (non-hydrogen) atoms. The third-order valence-corrected chi connectivity index (χ3v) is 7.77. The molecule has 242 valence electrons. The summed E-state index contributed by atoms with van der Waals surface area (Å²) < 4.78 is 43.7. The first-order valence-corrected chi connectivity index (χ1v) is 15.4. The Hall–Kier alpha value is -4.68. The number of rotatable bonds is 13. The molecule has 2 N–H and O–H groups in total. The van der Waals surface area contributed by atoms with E-state index in [2.05, 4.69) is 15.0 Å². The van der Waals surface area contributed by atoms with Gasteiger partial charge in [0.05, 0.1) is 45.4 Å². The zero-order valence-electron chi connectivity index (χ0n) is 26.2. The molecule has 0 bridgehead atoms. The maximum Gasteiger partial charge on any atom is 0.191 e. The third-order valence-electron chi connectivity index (χ3n) is 7.60. The van der Waals surface area contributed by atoms with Crippen LogP contribution in [0.2, 0.25) is 0 Å². The summed E-state index contributed by atoms with van der Waals surface area (Å²) in [7, 11) is 4.66. The number of nitrogens with two attached hydrogens (primary N) is 1. The second-order valence-corrected chi connectivity index (χ2v) is 11.1. The SMILES string of the molecule is COc1cc(OC)cc(N(/N=C/c2ccc(Oc3ccnc4cc(OCCCN5CCCCC5)c(OC)cc34)c(F)c2)C(N)=S)c1. The lowest BCUT2D eigenvalue weighted by Crippen LogP contribution is -2.31. The number of thiocarbonyl (C=S) groups is 1. The van der Waals surface area contributed by atoms with Crippen molar-refractivity contribution >= 4 is 40.1 Å². The topological polar surface area (TPSA) is 104 Å². The summed E-state index contributed by atoms with van der Waals surface area (Å²) in [6.45, 7) is 3.89. The number of pyridine rings is 1. The zero-order chi connectivity index (χ0) is 32.5. The summed E-state index contributed by atoms with van der Waals surface area (Å²) >= 11 is 5.20. The van der Waals surface area contributed by atoms with Gasteiger partial charge >= 0.3 is 0 Å². The van der Waals surface area contributed by atoms with Gasteiger partial charge in [-0.2, -0.15) is 5.10 Å². The van der Waals surface area contributed by atoms with E-state index in [1.807, 2.05) is 6.07 Å². The van der Waals surface area contributed by atoms with E-state index < -0.39 is 5.82 Å². The van der Waals surface area contributed by atoms with Crippen LogP contribution < -0.4 is 34.4 Å². The van der Waals surface area contributed by atoms with Gasteiger partial charge in [0.25, 0.3) is 0 Å². The smallest absolute Gasteiger partial charge is 0.191 e. The van der Waals surface area contributed by atoms with Gasteiger partial charge in [-0.3, -0.25) is 4.98 Å². The molecule has 12 heteroatoms. The number of hydrazone groups is 1. The van der Waals surface area contributed by atoms with Crippen molar-refractivity contribution in [3.8, 4) is 34.5 Å². The number of fused-ring (bicyclic) bond motifs is 1. The van der Waals surface area contributed by atoms with Gasteiger partial charge in [-0.15, -0.1) is 0 Å². The number of anilines is 1. The number of likely N-dealkylation sites (tertiary alicyclic amines) is 1. The Bertz CT molecular complexity index is 1680. The molecule has 1 aromatic heterocycles. The van der Waals surface area contributed by atoms with Crippen molar-refractivity contribution in [2.24, 2.45) is 10.8 Å². The second kappa shape index (κ2) is 15.5. The van der Waals surface area contributed by atoms with E-state index in [0.29, 0.717) is 57.5 Å². The normalized spacial score (nSPS) is 13.5. The molecule has 3 aromatic carbocycles. The van der Waals surface area contributed by atoms with E-state index in [4.69, 9.17) is 41.6 Å². The second-order valence-electron chi connectivity index (χ2n) is 10.7. The van der Waals surface area contributed by atoms with Crippen molar-refractivity contribution in [3.05, 3.63) is 72.2 Å². The summed E-state index contributed by atoms with van der Waals surface area (Å²) in [4.78, 5) is 6.97. The summed E-state index contributed by atoms with van der Waals surface area (Å²) in [5, 5.41) is 6.34. The molecule has 0 amide bonds. The quantitative estimate of drug-likeness (QED) is 0.0746. The Morgan fingerprint density at radius 1 is 0.935 bits per heavy atom. The fourth-order valence-corrected chi connectivity index (χ4v) is 5.38. The first-order chi connectivity index (χ1) is 22.4. The summed E-state index contributed by atoms with van der Waals surface area (Å²) in [5.74, 6) is 2.09. The minimum absolute atomic E-state index is 0.0158. The van der Waals surface area contributed by atoms with Crippen LogP contribution in [-0.2, 0) is 0 Å². The van der Waals surface area contributed by atoms with Gasteiger partial charge in [-0.1, -0.05) is 6.42 Å². The molecule has 1 fully saturated rings. The summed E-state index contributed by atoms with van der Waals surface area (Å²) in [6, 6.07) is 14.9. The first kappa shape index (κ1) is 32.7. The predicted octanol–water partition coefficient (Wildman–Crippen LogP) is 6.53. The van der Waals surface area contributed by atoms with Crippen molar-refractivity contribution in [3.63, 3.8) is 0 Å². The van der Waals surface area contributed by atoms with Crippen LogP contribution in [0.15, 0.2) is 65.9 Å². The molecule has 4 aromatic rings. The molecule has 5 rings (SSSR count). The largest absolute Gasteiger partial charge is 0.497 e. The maximum absolute atomic E-state index is 15.3. The van der Waals surface area contributed by atoms with Gasteiger partial charge in [-0.25, -0.2) is 9.40 Å². The molecule has 1 aliphatic rings. The van der Waals surface area contributed by atoms with Gasteiger partial charge in [0.1, 0.15) is 17.2 Å². The Balaban J connectivity index is 1.30. The van der Waals surface area contributed by atoms with E-state index in [-0.39, 0.29) is 10.9 Å². The molecule has 0 spiro atoms. The number of benzene rings is 3. The van der Waals surface area contributed by atoms with Crippen molar-refractivity contribution < 1.29 is 28.1 Å². The Morgan fingerprint density at radius 2 is 1.70 bits per heavy atom. The number of nitrogens with zero attached hydrogens (tertiary/aromatic N) is 4. The molecule has 10 nitrogen and oxygen atoms in total. The average Bonchev–Trinajstić information content (AvgIpc) is 3.07. The number of piperidine rings is 1. The lowest BCUT2D eigenvalue weighted by Gasteiger charge is -2.26. The molecule has 1 saturated heterocycles. The highest BCUT2D eigenvalue weighted by Gasteiger charge is 2.16. The Kier molecular flexibility index (Phi) is 11.1. The lowest BCUT2D eigenvalue weighted by molar-refractivity contribution is 0.203. The van der Waals surface area contributed by atoms with Gasteiger partial charge in [0.15, 0.2) is 28.2 Å². The van der Waals surface area contributed by atoms with E-state index in [9.17, 15) is 0 Å². The lowest BCUT2D eigenvalue weighted by atomic mass is 10.1. The Morgan fingerprint density at radius 3 is 2.37 bits per heavy atom. The monoisotopic (exact) mass is 647 g/mol. The van der Waals surface area contributed by atoms with E-state index >= 15 is 4.39 Å². The van der Waals surface area contributed by atoms with Gasteiger partial charge in [0, 0.05) is 42.4 Å². The van der Waals surface area contributed by atoms with Crippen molar-refractivity contribution in [2.45, 2.75) is 25.7 Å². The molecule has 1 aliphatic heterocycles. The molecule has 0 atom stereocenters. The maximum atomic E-state index is 15.3. The van der Waals surface area contributed by atoms with Crippen molar-refractivity contribution in [1.29, 1.82) is 0 Å². The van der Waals surface area contributed by atoms with Crippen LogP contribution in [0, 0.1) is 5.82 Å². The number of methoxy groups -OCH3 is 3. The summed E-state index contributed by atoms with van der Waals surface area (Å²) in [6.07, 6.45) is 7.83. The zero-order valence-corrected chi connectivity index (χ0v) is 27.0. The van der Waals surface area contributed by atoms with E-state index in [1.165, 1.54) is 56.8 Å². The molecule has 0 radical (unpaired) electrons. The molecular weight excluding hydrogens is 609 g/mol. The number of hydrogen-bond acceptors (Lipinski definition) is 9. The number of halogens is 1.